The molecule has 0 radical (unpaired) electrons. The van der Waals surface area contributed by atoms with Gasteiger partial charge >= 0.3 is 0 Å². The minimum Gasteiger partial charge on any atom is -0.399 e. The molecule has 0 aliphatic heterocycles. The summed E-state index contributed by atoms with van der Waals surface area (Å²) in [5.41, 5.74) is 18.1. The van der Waals surface area contributed by atoms with Gasteiger partial charge < -0.3 is 11.5 Å². The molecule has 0 spiro atoms. The molecule has 0 aliphatic carbocycles. The van der Waals surface area contributed by atoms with E-state index >= 15 is 0 Å². The van der Waals surface area contributed by atoms with Crippen molar-refractivity contribution in [1.82, 2.24) is 0 Å². The van der Waals surface area contributed by atoms with E-state index in [9.17, 15) is 5.26 Å². The number of hydrogen-bond donors (Lipinski definition) is 2. The lowest BCUT2D eigenvalue weighted by Crippen LogP contribution is -1.99. The lowest BCUT2D eigenvalue weighted by Gasteiger charge is -2.10. The number of nitrogens with two attached hydrogens (primary N) is 2. The highest BCUT2D eigenvalue weighted by Gasteiger charge is 2.09. The van der Waals surface area contributed by atoms with E-state index in [1.54, 1.807) is 0 Å². The molecular formula is C21H19N3. The Labute approximate surface area is 142 Å². The van der Waals surface area contributed by atoms with Crippen molar-refractivity contribution in [2.75, 3.05) is 11.5 Å². The number of hydrogen-bond acceptors (Lipinski definition) is 3. The largest absolute Gasteiger partial charge is 0.399 e. The molecule has 118 valence electrons. The fourth-order valence-electron chi connectivity index (χ4n) is 2.80. The molecule has 0 unspecified atom stereocenters. The molecule has 3 aromatic carbocycles. The zero-order chi connectivity index (χ0) is 16.9. The molecule has 0 saturated heterocycles. The van der Waals surface area contributed by atoms with Gasteiger partial charge in [-0.2, -0.15) is 5.26 Å². The number of benzene rings is 3. The Hall–Kier alpha value is -3.25. The highest BCUT2D eigenvalue weighted by Crippen LogP contribution is 2.21. The van der Waals surface area contributed by atoms with Crippen molar-refractivity contribution >= 4 is 11.4 Å². The molecule has 4 N–H and O–H groups in total. The van der Waals surface area contributed by atoms with E-state index in [1.165, 1.54) is 0 Å². The van der Waals surface area contributed by atoms with Crippen molar-refractivity contribution in [2.24, 2.45) is 0 Å². The van der Waals surface area contributed by atoms with Gasteiger partial charge in [-0.05, 0) is 59.4 Å². The van der Waals surface area contributed by atoms with Gasteiger partial charge in [-0.15, -0.1) is 0 Å². The fourth-order valence-corrected chi connectivity index (χ4v) is 2.80. The van der Waals surface area contributed by atoms with Crippen LogP contribution in [-0.4, -0.2) is 0 Å². The summed E-state index contributed by atoms with van der Waals surface area (Å²) in [4.78, 5) is 0. The van der Waals surface area contributed by atoms with Crippen LogP contribution >= 0.6 is 0 Å². The summed E-state index contributed by atoms with van der Waals surface area (Å²) in [6.07, 6.45) is 1.44. The third-order valence-electron chi connectivity index (χ3n) is 4.10. The Morgan fingerprint density at radius 1 is 0.667 bits per heavy atom. The van der Waals surface area contributed by atoms with Crippen molar-refractivity contribution in [3.05, 3.63) is 94.5 Å². The molecule has 0 aliphatic rings. The number of nitrogen functional groups attached to an aromatic ring is 2. The van der Waals surface area contributed by atoms with E-state index in [0.29, 0.717) is 0 Å². The Bertz CT molecular complexity index is 807. The van der Waals surface area contributed by atoms with Gasteiger partial charge in [-0.3, -0.25) is 0 Å². The Morgan fingerprint density at radius 2 is 1.08 bits per heavy atom. The van der Waals surface area contributed by atoms with Crippen LogP contribution in [0.4, 0.5) is 11.4 Å². The summed E-state index contributed by atoms with van der Waals surface area (Å²) in [6.45, 7) is 0. The zero-order valence-electron chi connectivity index (χ0n) is 13.4. The van der Waals surface area contributed by atoms with Gasteiger partial charge in [0.15, 0.2) is 0 Å². The van der Waals surface area contributed by atoms with Gasteiger partial charge in [0.25, 0.3) is 0 Å². The molecule has 0 saturated carbocycles. The summed E-state index contributed by atoms with van der Waals surface area (Å²) in [7, 11) is 0. The molecule has 0 atom stereocenters. The molecule has 3 aromatic rings. The van der Waals surface area contributed by atoms with Gasteiger partial charge in [0.2, 0.25) is 0 Å². The summed E-state index contributed by atoms with van der Waals surface area (Å²) >= 11 is 0. The average molecular weight is 313 g/mol. The van der Waals surface area contributed by atoms with Crippen molar-refractivity contribution in [3.63, 3.8) is 0 Å². The standard InChI is InChI=1S/C21H19N3/c22-14-21-17(12-15-4-8-19(23)9-5-15)2-1-3-18(21)13-16-6-10-20(24)11-7-16/h1-11H,12-13,23-24H2. The maximum atomic E-state index is 9.65. The maximum absolute atomic E-state index is 9.65. The minimum absolute atomic E-state index is 0.721. The van der Waals surface area contributed by atoms with Crippen LogP contribution in [0.2, 0.25) is 0 Å². The van der Waals surface area contributed by atoms with E-state index in [2.05, 4.69) is 6.07 Å². The summed E-state index contributed by atoms with van der Waals surface area (Å²) in [5, 5.41) is 9.65. The second kappa shape index (κ2) is 6.89. The Balaban J connectivity index is 1.89. The van der Waals surface area contributed by atoms with E-state index in [4.69, 9.17) is 11.5 Å². The van der Waals surface area contributed by atoms with Crippen molar-refractivity contribution < 1.29 is 0 Å². The monoisotopic (exact) mass is 313 g/mol. The van der Waals surface area contributed by atoms with Crippen LogP contribution in [0.1, 0.15) is 27.8 Å². The van der Waals surface area contributed by atoms with Crippen LogP contribution in [-0.2, 0) is 12.8 Å². The first kappa shape index (κ1) is 15.6. The van der Waals surface area contributed by atoms with Crippen LogP contribution in [0.3, 0.4) is 0 Å². The molecule has 0 fully saturated rings. The average Bonchev–Trinajstić information content (AvgIpc) is 2.59. The highest BCUT2D eigenvalue weighted by molar-refractivity contribution is 5.50. The molecule has 0 aromatic heterocycles. The quantitative estimate of drug-likeness (QED) is 0.717. The minimum atomic E-state index is 0.721. The molecule has 24 heavy (non-hydrogen) atoms. The van der Waals surface area contributed by atoms with Crippen molar-refractivity contribution in [3.8, 4) is 6.07 Å². The number of anilines is 2. The molecule has 0 bridgehead atoms. The summed E-state index contributed by atoms with van der Waals surface area (Å²) in [5.74, 6) is 0. The SMILES string of the molecule is N#Cc1c(Cc2ccc(N)cc2)cccc1Cc1ccc(N)cc1. The highest BCUT2D eigenvalue weighted by atomic mass is 14.5. The van der Waals surface area contributed by atoms with Crippen molar-refractivity contribution in [1.29, 1.82) is 5.26 Å². The molecule has 0 heterocycles. The van der Waals surface area contributed by atoms with Gasteiger partial charge in [-0.25, -0.2) is 0 Å². The molecule has 0 amide bonds. The zero-order valence-corrected chi connectivity index (χ0v) is 13.4. The van der Waals surface area contributed by atoms with Gasteiger partial charge in [-0.1, -0.05) is 42.5 Å². The predicted molar refractivity (Wildman–Crippen MR) is 98.5 cm³/mol. The maximum Gasteiger partial charge on any atom is 0.0997 e. The van der Waals surface area contributed by atoms with E-state index < -0.39 is 0 Å². The van der Waals surface area contributed by atoms with Crippen LogP contribution < -0.4 is 11.5 Å². The summed E-state index contributed by atoms with van der Waals surface area (Å²) < 4.78 is 0. The molecule has 3 nitrogen and oxygen atoms in total. The first-order chi connectivity index (χ1) is 11.7. The molecule has 3 rings (SSSR count). The lowest BCUT2D eigenvalue weighted by molar-refractivity contribution is 1.12. The van der Waals surface area contributed by atoms with Crippen molar-refractivity contribution in [2.45, 2.75) is 12.8 Å². The number of nitriles is 1. The summed E-state index contributed by atoms with van der Waals surface area (Å²) in [6, 6.07) is 24.0. The number of nitrogens with zero attached hydrogens (tertiary/aromatic N) is 1. The Kier molecular flexibility index (Phi) is 4.49. The van der Waals surface area contributed by atoms with E-state index in [1.807, 2.05) is 66.7 Å². The normalized spacial score (nSPS) is 10.3. The van der Waals surface area contributed by atoms with Crippen LogP contribution in [0.25, 0.3) is 0 Å². The van der Waals surface area contributed by atoms with E-state index in [0.717, 1.165) is 52.0 Å². The predicted octanol–water partition coefficient (Wildman–Crippen LogP) is 3.90. The fraction of sp³-hybridized carbons (Fsp3) is 0.0952. The second-order valence-corrected chi connectivity index (χ2v) is 5.90. The van der Waals surface area contributed by atoms with Crippen LogP contribution in [0.5, 0.6) is 0 Å². The third-order valence-corrected chi connectivity index (χ3v) is 4.10. The van der Waals surface area contributed by atoms with Gasteiger partial charge in [0.1, 0.15) is 0 Å². The molecular weight excluding hydrogens is 294 g/mol. The third kappa shape index (κ3) is 3.56. The van der Waals surface area contributed by atoms with Gasteiger partial charge in [0, 0.05) is 11.4 Å². The second-order valence-electron chi connectivity index (χ2n) is 5.90. The van der Waals surface area contributed by atoms with E-state index in [-0.39, 0.29) is 0 Å². The molecule has 3 heteroatoms. The van der Waals surface area contributed by atoms with Crippen LogP contribution in [0.15, 0.2) is 66.7 Å². The van der Waals surface area contributed by atoms with Gasteiger partial charge in [0.05, 0.1) is 11.6 Å². The Morgan fingerprint density at radius 3 is 1.46 bits per heavy atom. The van der Waals surface area contributed by atoms with Crippen LogP contribution in [0, 0.1) is 11.3 Å². The first-order valence-corrected chi connectivity index (χ1v) is 7.85. The topological polar surface area (TPSA) is 75.8 Å². The first-order valence-electron chi connectivity index (χ1n) is 7.85. The number of rotatable bonds is 4. The lowest BCUT2D eigenvalue weighted by atomic mass is 9.93. The smallest absolute Gasteiger partial charge is 0.0997 e.